The summed E-state index contributed by atoms with van der Waals surface area (Å²) in [5, 5.41) is 12.8. The van der Waals surface area contributed by atoms with E-state index < -0.39 is 5.60 Å². The molecule has 0 bridgehead atoms. The van der Waals surface area contributed by atoms with E-state index >= 15 is 0 Å². The second-order valence-electron chi connectivity index (χ2n) is 5.93. The summed E-state index contributed by atoms with van der Waals surface area (Å²) in [6, 6.07) is 16.7. The SMILES string of the molecule is O=C(Cc1cccc(O)c1)OC1(c2ccccc2)CCNCC1. The van der Waals surface area contributed by atoms with Gasteiger partial charge in [-0.25, -0.2) is 0 Å². The molecule has 120 valence electrons. The molecule has 2 aromatic carbocycles. The second kappa shape index (κ2) is 6.84. The van der Waals surface area contributed by atoms with E-state index in [1.165, 1.54) is 0 Å². The van der Waals surface area contributed by atoms with Gasteiger partial charge >= 0.3 is 5.97 Å². The molecule has 1 aliphatic rings. The second-order valence-corrected chi connectivity index (χ2v) is 5.93. The number of esters is 1. The van der Waals surface area contributed by atoms with Crippen LogP contribution in [0.2, 0.25) is 0 Å². The fraction of sp³-hybridized carbons (Fsp3) is 0.316. The van der Waals surface area contributed by atoms with Crippen molar-refractivity contribution in [1.29, 1.82) is 0 Å². The summed E-state index contributed by atoms with van der Waals surface area (Å²) in [7, 11) is 0. The van der Waals surface area contributed by atoms with Crippen LogP contribution >= 0.6 is 0 Å². The Hall–Kier alpha value is -2.33. The van der Waals surface area contributed by atoms with E-state index in [9.17, 15) is 9.90 Å². The first-order valence-corrected chi connectivity index (χ1v) is 7.94. The van der Waals surface area contributed by atoms with Crippen molar-refractivity contribution >= 4 is 5.97 Å². The number of carbonyl (C=O) groups excluding carboxylic acids is 1. The maximum absolute atomic E-state index is 12.4. The van der Waals surface area contributed by atoms with Crippen LogP contribution in [-0.2, 0) is 21.6 Å². The molecular formula is C19H21NO3. The smallest absolute Gasteiger partial charge is 0.311 e. The van der Waals surface area contributed by atoms with Crippen molar-refractivity contribution in [1.82, 2.24) is 5.32 Å². The number of hydrogen-bond donors (Lipinski definition) is 2. The zero-order valence-electron chi connectivity index (χ0n) is 13.0. The summed E-state index contributed by atoms with van der Waals surface area (Å²) in [5.41, 5.74) is 1.25. The molecule has 2 N–H and O–H groups in total. The summed E-state index contributed by atoms with van der Waals surface area (Å²) in [6.07, 6.45) is 1.70. The minimum atomic E-state index is -0.555. The van der Waals surface area contributed by atoms with Gasteiger partial charge in [-0.1, -0.05) is 42.5 Å². The molecule has 0 spiro atoms. The van der Waals surface area contributed by atoms with Gasteiger partial charge in [0, 0.05) is 12.8 Å². The molecule has 0 amide bonds. The molecule has 0 aromatic heterocycles. The van der Waals surface area contributed by atoms with Gasteiger partial charge in [0.1, 0.15) is 11.4 Å². The van der Waals surface area contributed by atoms with E-state index in [2.05, 4.69) is 5.32 Å². The number of nitrogens with one attached hydrogen (secondary N) is 1. The normalized spacial score (nSPS) is 16.7. The third-order valence-corrected chi connectivity index (χ3v) is 4.28. The first-order chi connectivity index (χ1) is 11.2. The van der Waals surface area contributed by atoms with E-state index in [-0.39, 0.29) is 18.1 Å². The monoisotopic (exact) mass is 311 g/mol. The lowest BCUT2D eigenvalue weighted by molar-refractivity contribution is -0.163. The number of ether oxygens (including phenoxy) is 1. The summed E-state index contributed by atoms with van der Waals surface area (Å²) in [6.45, 7) is 1.66. The molecule has 4 nitrogen and oxygen atoms in total. The molecule has 0 unspecified atom stereocenters. The molecule has 0 saturated carbocycles. The van der Waals surface area contributed by atoms with Crippen LogP contribution in [0.3, 0.4) is 0 Å². The Bertz CT molecular complexity index is 663. The standard InChI is InChI=1S/C19H21NO3/c21-17-8-4-5-15(13-17)14-18(22)23-19(9-11-20-12-10-19)16-6-2-1-3-7-16/h1-8,13,20-21H,9-12,14H2. The van der Waals surface area contributed by atoms with Crippen LogP contribution in [0.15, 0.2) is 54.6 Å². The van der Waals surface area contributed by atoms with Crippen molar-refractivity contribution < 1.29 is 14.6 Å². The van der Waals surface area contributed by atoms with Crippen LogP contribution in [0.1, 0.15) is 24.0 Å². The Balaban J connectivity index is 1.77. The molecule has 0 aliphatic carbocycles. The highest BCUT2D eigenvalue weighted by Gasteiger charge is 2.37. The molecule has 3 rings (SSSR count). The van der Waals surface area contributed by atoms with Gasteiger partial charge < -0.3 is 15.2 Å². The average Bonchev–Trinajstić information content (AvgIpc) is 2.56. The minimum Gasteiger partial charge on any atom is -0.508 e. The molecule has 1 saturated heterocycles. The quantitative estimate of drug-likeness (QED) is 0.853. The minimum absolute atomic E-state index is 0.162. The summed E-state index contributed by atoms with van der Waals surface area (Å²) >= 11 is 0. The Labute approximate surface area is 136 Å². The van der Waals surface area contributed by atoms with Crippen LogP contribution in [0, 0.1) is 0 Å². The van der Waals surface area contributed by atoms with E-state index in [0.29, 0.717) is 0 Å². The number of rotatable bonds is 4. The van der Waals surface area contributed by atoms with Gasteiger partial charge in [-0.2, -0.15) is 0 Å². The van der Waals surface area contributed by atoms with E-state index in [1.807, 2.05) is 36.4 Å². The first-order valence-electron chi connectivity index (χ1n) is 7.94. The number of phenols is 1. The Morgan fingerprint density at radius 1 is 1.09 bits per heavy atom. The number of hydrogen-bond acceptors (Lipinski definition) is 4. The van der Waals surface area contributed by atoms with Crippen molar-refractivity contribution in [3.05, 3.63) is 65.7 Å². The fourth-order valence-electron chi connectivity index (χ4n) is 3.11. The molecule has 1 aliphatic heterocycles. The summed E-state index contributed by atoms with van der Waals surface area (Å²) < 4.78 is 5.95. The van der Waals surface area contributed by atoms with Gasteiger partial charge in [0.25, 0.3) is 0 Å². The Kier molecular flexibility index (Phi) is 4.63. The van der Waals surface area contributed by atoms with Crippen LogP contribution in [0.4, 0.5) is 0 Å². The molecule has 1 fully saturated rings. The highest BCUT2D eigenvalue weighted by atomic mass is 16.6. The third-order valence-electron chi connectivity index (χ3n) is 4.28. The maximum Gasteiger partial charge on any atom is 0.311 e. The summed E-state index contributed by atoms with van der Waals surface area (Å²) in [4.78, 5) is 12.4. The molecule has 2 aromatic rings. The largest absolute Gasteiger partial charge is 0.508 e. The van der Waals surface area contributed by atoms with Crippen molar-refractivity contribution in [2.24, 2.45) is 0 Å². The highest BCUT2D eigenvalue weighted by molar-refractivity contribution is 5.73. The third kappa shape index (κ3) is 3.71. The first kappa shape index (κ1) is 15.6. The lowest BCUT2D eigenvalue weighted by atomic mass is 9.84. The predicted molar refractivity (Wildman–Crippen MR) is 88.1 cm³/mol. The van der Waals surface area contributed by atoms with E-state index in [4.69, 9.17) is 4.74 Å². The zero-order chi connectivity index (χ0) is 16.1. The van der Waals surface area contributed by atoms with Gasteiger partial charge in [-0.15, -0.1) is 0 Å². The van der Waals surface area contributed by atoms with Crippen LogP contribution < -0.4 is 5.32 Å². The number of piperidine rings is 1. The molecule has 0 atom stereocenters. The molecule has 0 radical (unpaired) electrons. The molecule has 1 heterocycles. The van der Waals surface area contributed by atoms with Crippen molar-refractivity contribution in [3.63, 3.8) is 0 Å². The Morgan fingerprint density at radius 2 is 1.83 bits per heavy atom. The van der Waals surface area contributed by atoms with Crippen molar-refractivity contribution in [3.8, 4) is 5.75 Å². The van der Waals surface area contributed by atoms with E-state index in [1.54, 1.807) is 18.2 Å². The topological polar surface area (TPSA) is 58.6 Å². The Morgan fingerprint density at radius 3 is 2.52 bits per heavy atom. The van der Waals surface area contributed by atoms with Crippen LogP contribution in [-0.4, -0.2) is 24.2 Å². The van der Waals surface area contributed by atoms with Gasteiger partial charge in [-0.3, -0.25) is 4.79 Å². The number of carbonyl (C=O) groups is 1. The number of phenolic OH excluding ortho intramolecular Hbond substituents is 1. The van der Waals surface area contributed by atoms with Gasteiger partial charge in [0.05, 0.1) is 6.42 Å². The lowest BCUT2D eigenvalue weighted by Gasteiger charge is -2.37. The van der Waals surface area contributed by atoms with E-state index in [0.717, 1.165) is 37.1 Å². The van der Waals surface area contributed by atoms with Crippen molar-refractivity contribution in [2.45, 2.75) is 24.9 Å². The van der Waals surface area contributed by atoms with Gasteiger partial charge in [0.2, 0.25) is 0 Å². The van der Waals surface area contributed by atoms with Crippen LogP contribution in [0.5, 0.6) is 5.75 Å². The predicted octanol–water partition coefficient (Wildman–Crippen LogP) is 2.76. The zero-order valence-corrected chi connectivity index (χ0v) is 13.0. The number of aromatic hydroxyl groups is 1. The maximum atomic E-state index is 12.4. The van der Waals surface area contributed by atoms with Crippen molar-refractivity contribution in [2.75, 3.05) is 13.1 Å². The fourth-order valence-corrected chi connectivity index (χ4v) is 3.11. The average molecular weight is 311 g/mol. The van der Waals surface area contributed by atoms with Gasteiger partial charge in [-0.05, 0) is 36.3 Å². The van der Waals surface area contributed by atoms with Gasteiger partial charge in [0.15, 0.2) is 0 Å². The highest BCUT2D eigenvalue weighted by Crippen LogP contribution is 2.35. The lowest BCUT2D eigenvalue weighted by Crippen LogP contribution is -2.43. The molecule has 23 heavy (non-hydrogen) atoms. The molecular weight excluding hydrogens is 290 g/mol. The number of benzene rings is 2. The summed E-state index contributed by atoms with van der Waals surface area (Å²) in [5.74, 6) is -0.101. The molecule has 4 heteroatoms. The van der Waals surface area contributed by atoms with Crippen LogP contribution in [0.25, 0.3) is 0 Å².